The highest BCUT2D eigenvalue weighted by molar-refractivity contribution is 6.04. The molecule has 0 atom stereocenters. The largest absolute Gasteiger partial charge is 0.493 e. The van der Waals surface area contributed by atoms with E-state index in [1.807, 2.05) is 6.07 Å². The number of aromatic nitrogens is 1. The molecule has 1 N–H and O–H groups in total. The summed E-state index contributed by atoms with van der Waals surface area (Å²) in [7, 11) is 1.33. The van der Waals surface area contributed by atoms with Crippen molar-refractivity contribution in [1.82, 2.24) is 4.98 Å². The molecule has 0 saturated carbocycles. The molecule has 6 nitrogen and oxygen atoms in total. The van der Waals surface area contributed by atoms with E-state index in [1.54, 1.807) is 12.3 Å². The van der Waals surface area contributed by atoms with Crippen molar-refractivity contribution < 1.29 is 23.0 Å². The molecule has 1 fully saturated rings. The standard InChI is InChI=1S/C19H21F2N3O3/c1-26-15-7-5-13(11-16(15)27-19(20)21)18(25)23-17-8-6-14(12-22-17)24-9-3-2-4-10-24/h5-8,11-12,19H,2-4,9-10H2,1H3,(H,22,23,25). The SMILES string of the molecule is COc1ccc(C(=O)Nc2ccc(N3CCCCC3)cn2)cc1OC(F)F. The number of rotatable bonds is 6. The lowest BCUT2D eigenvalue weighted by Crippen LogP contribution is -2.29. The number of methoxy groups -OCH3 is 1. The first kappa shape index (κ1) is 18.9. The van der Waals surface area contributed by atoms with E-state index in [4.69, 9.17) is 4.74 Å². The van der Waals surface area contributed by atoms with E-state index in [1.165, 1.54) is 44.6 Å². The van der Waals surface area contributed by atoms with Crippen molar-refractivity contribution >= 4 is 17.4 Å². The number of ether oxygens (including phenoxy) is 2. The van der Waals surface area contributed by atoms with Crippen LogP contribution >= 0.6 is 0 Å². The average molecular weight is 377 g/mol. The molecule has 0 radical (unpaired) electrons. The van der Waals surface area contributed by atoms with Crippen molar-refractivity contribution in [3.8, 4) is 11.5 Å². The minimum atomic E-state index is -3.01. The summed E-state index contributed by atoms with van der Waals surface area (Å²) in [5.74, 6) is -0.174. The normalized spacial score (nSPS) is 14.1. The number of carbonyl (C=O) groups excluding carboxylic acids is 1. The maximum atomic E-state index is 12.5. The van der Waals surface area contributed by atoms with Gasteiger partial charge in [0.05, 0.1) is 19.0 Å². The monoisotopic (exact) mass is 377 g/mol. The molecule has 1 aliphatic heterocycles. The summed E-state index contributed by atoms with van der Waals surface area (Å²) in [4.78, 5) is 18.9. The Bertz CT molecular complexity index is 778. The number of carbonyl (C=O) groups is 1. The number of anilines is 2. The maximum Gasteiger partial charge on any atom is 0.387 e. The van der Waals surface area contributed by atoms with Crippen molar-refractivity contribution in [1.29, 1.82) is 0 Å². The number of halogens is 2. The summed E-state index contributed by atoms with van der Waals surface area (Å²) in [5.41, 5.74) is 1.18. The van der Waals surface area contributed by atoms with E-state index in [-0.39, 0.29) is 17.1 Å². The summed E-state index contributed by atoms with van der Waals surface area (Å²) in [5, 5.41) is 2.65. The summed E-state index contributed by atoms with van der Waals surface area (Å²) in [6.07, 6.45) is 5.30. The molecule has 1 amide bonds. The Labute approximate surface area is 156 Å². The van der Waals surface area contributed by atoms with Crippen LogP contribution in [0.4, 0.5) is 20.3 Å². The van der Waals surface area contributed by atoms with E-state index < -0.39 is 12.5 Å². The lowest BCUT2D eigenvalue weighted by molar-refractivity contribution is -0.0512. The van der Waals surface area contributed by atoms with Gasteiger partial charge >= 0.3 is 6.61 Å². The number of hydrogen-bond donors (Lipinski definition) is 1. The Morgan fingerprint density at radius 2 is 1.93 bits per heavy atom. The number of nitrogens with one attached hydrogen (secondary N) is 1. The molecule has 2 heterocycles. The third kappa shape index (κ3) is 4.84. The molecule has 1 saturated heterocycles. The Morgan fingerprint density at radius 1 is 1.15 bits per heavy atom. The molecule has 0 unspecified atom stereocenters. The third-order valence-corrected chi connectivity index (χ3v) is 4.35. The van der Waals surface area contributed by atoms with E-state index in [9.17, 15) is 13.6 Å². The lowest BCUT2D eigenvalue weighted by Gasteiger charge is -2.28. The van der Waals surface area contributed by atoms with Crippen LogP contribution in [0.2, 0.25) is 0 Å². The molecule has 3 rings (SSSR count). The molecule has 27 heavy (non-hydrogen) atoms. The molecule has 144 valence electrons. The van der Waals surface area contributed by atoms with Crippen LogP contribution in [0, 0.1) is 0 Å². The predicted molar refractivity (Wildman–Crippen MR) is 97.9 cm³/mol. The van der Waals surface area contributed by atoms with Gasteiger partial charge < -0.3 is 19.7 Å². The molecule has 1 aromatic heterocycles. The van der Waals surface area contributed by atoms with Gasteiger partial charge in [0, 0.05) is 18.7 Å². The molecule has 1 aliphatic rings. The van der Waals surface area contributed by atoms with Gasteiger partial charge in [0.2, 0.25) is 0 Å². The van der Waals surface area contributed by atoms with Gasteiger partial charge in [-0.2, -0.15) is 8.78 Å². The number of pyridine rings is 1. The third-order valence-electron chi connectivity index (χ3n) is 4.35. The number of hydrogen-bond acceptors (Lipinski definition) is 5. The average Bonchev–Trinajstić information content (AvgIpc) is 2.68. The van der Waals surface area contributed by atoms with Crippen LogP contribution in [0.25, 0.3) is 0 Å². The van der Waals surface area contributed by atoms with Crippen molar-refractivity contribution in [2.75, 3.05) is 30.4 Å². The van der Waals surface area contributed by atoms with Gasteiger partial charge in [0.25, 0.3) is 5.91 Å². The highest BCUT2D eigenvalue weighted by Gasteiger charge is 2.16. The maximum absolute atomic E-state index is 12.5. The summed E-state index contributed by atoms with van der Waals surface area (Å²) < 4.78 is 34.4. The van der Waals surface area contributed by atoms with E-state index in [2.05, 4.69) is 19.9 Å². The Morgan fingerprint density at radius 3 is 2.56 bits per heavy atom. The van der Waals surface area contributed by atoms with E-state index in [0.717, 1.165) is 18.8 Å². The molecule has 2 aromatic rings. The molecular formula is C19H21F2N3O3. The van der Waals surface area contributed by atoms with Crippen molar-refractivity contribution in [3.05, 3.63) is 42.1 Å². The smallest absolute Gasteiger partial charge is 0.387 e. The van der Waals surface area contributed by atoms with E-state index in [0.29, 0.717) is 5.82 Å². The topological polar surface area (TPSA) is 63.7 Å². The molecule has 1 aromatic carbocycles. The van der Waals surface area contributed by atoms with Gasteiger partial charge in [-0.3, -0.25) is 4.79 Å². The van der Waals surface area contributed by atoms with Gasteiger partial charge in [0.15, 0.2) is 11.5 Å². The molecule has 0 bridgehead atoms. The van der Waals surface area contributed by atoms with Gasteiger partial charge in [-0.25, -0.2) is 4.98 Å². The molecule has 0 spiro atoms. The van der Waals surface area contributed by atoms with Crippen LogP contribution < -0.4 is 19.7 Å². The first-order valence-corrected chi connectivity index (χ1v) is 8.72. The van der Waals surface area contributed by atoms with Crippen LogP contribution in [-0.4, -0.2) is 37.7 Å². The highest BCUT2D eigenvalue weighted by atomic mass is 19.3. The fourth-order valence-electron chi connectivity index (χ4n) is 2.99. The molecule has 0 aliphatic carbocycles. The molecule has 8 heteroatoms. The zero-order valence-electron chi connectivity index (χ0n) is 15.0. The Kier molecular flexibility index (Phi) is 6.05. The van der Waals surface area contributed by atoms with Gasteiger partial charge in [-0.15, -0.1) is 0 Å². The Hall–Kier alpha value is -2.90. The number of alkyl halides is 2. The summed E-state index contributed by atoms with van der Waals surface area (Å²) in [6.45, 7) is -1.00. The first-order valence-electron chi connectivity index (χ1n) is 8.72. The number of amides is 1. The number of benzene rings is 1. The fraction of sp³-hybridized carbons (Fsp3) is 0.368. The van der Waals surface area contributed by atoms with Crippen LogP contribution in [-0.2, 0) is 0 Å². The lowest BCUT2D eigenvalue weighted by atomic mass is 10.1. The number of nitrogens with zero attached hydrogens (tertiary/aromatic N) is 2. The second-order valence-electron chi connectivity index (χ2n) is 6.15. The van der Waals surface area contributed by atoms with Crippen LogP contribution in [0.15, 0.2) is 36.5 Å². The second kappa shape index (κ2) is 8.66. The van der Waals surface area contributed by atoms with E-state index >= 15 is 0 Å². The molecular weight excluding hydrogens is 356 g/mol. The minimum Gasteiger partial charge on any atom is -0.493 e. The zero-order valence-corrected chi connectivity index (χ0v) is 15.0. The van der Waals surface area contributed by atoms with Gasteiger partial charge in [-0.1, -0.05) is 0 Å². The highest BCUT2D eigenvalue weighted by Crippen LogP contribution is 2.30. The van der Waals surface area contributed by atoms with Crippen LogP contribution in [0.3, 0.4) is 0 Å². The Balaban J connectivity index is 1.69. The van der Waals surface area contributed by atoms with Crippen molar-refractivity contribution in [2.45, 2.75) is 25.9 Å². The number of piperidine rings is 1. The minimum absolute atomic E-state index is 0.121. The quantitative estimate of drug-likeness (QED) is 0.826. The van der Waals surface area contributed by atoms with Gasteiger partial charge in [0.1, 0.15) is 5.82 Å². The van der Waals surface area contributed by atoms with Crippen LogP contribution in [0.1, 0.15) is 29.6 Å². The summed E-state index contributed by atoms with van der Waals surface area (Å²) in [6, 6.07) is 7.71. The van der Waals surface area contributed by atoms with Crippen molar-refractivity contribution in [3.63, 3.8) is 0 Å². The summed E-state index contributed by atoms with van der Waals surface area (Å²) >= 11 is 0. The second-order valence-corrected chi connectivity index (χ2v) is 6.15. The zero-order chi connectivity index (χ0) is 19.2. The predicted octanol–water partition coefficient (Wildman–Crippen LogP) is 3.93. The van der Waals surface area contributed by atoms with Gasteiger partial charge in [-0.05, 0) is 49.6 Å². The fourth-order valence-corrected chi connectivity index (χ4v) is 2.99. The van der Waals surface area contributed by atoms with Crippen LogP contribution in [0.5, 0.6) is 11.5 Å². The first-order chi connectivity index (χ1) is 13.1. The van der Waals surface area contributed by atoms with Crippen molar-refractivity contribution in [2.24, 2.45) is 0 Å².